The topological polar surface area (TPSA) is 44.8 Å². The number of para-hydroxylation sites is 2. The first kappa shape index (κ1) is 18.6. The summed E-state index contributed by atoms with van der Waals surface area (Å²) in [6, 6.07) is 7.57. The fraction of sp³-hybridized carbons (Fsp3) is 0.632. The molecule has 0 saturated carbocycles. The zero-order chi connectivity index (χ0) is 17.4. The first-order valence-corrected chi connectivity index (χ1v) is 9.14. The van der Waals surface area contributed by atoms with Gasteiger partial charge < -0.3 is 15.0 Å². The molecule has 1 aliphatic rings. The smallest absolute Gasteiger partial charge is 0.322 e. The molecule has 1 fully saturated rings. The number of amides is 2. The summed E-state index contributed by atoms with van der Waals surface area (Å²) >= 11 is 0. The predicted octanol–water partition coefficient (Wildman–Crippen LogP) is 3.81. The van der Waals surface area contributed by atoms with E-state index in [1.807, 2.05) is 43.0 Å². The molecule has 1 saturated heterocycles. The predicted molar refractivity (Wildman–Crippen MR) is 98.8 cm³/mol. The minimum absolute atomic E-state index is 0.0389. The molecule has 2 rings (SSSR count). The van der Waals surface area contributed by atoms with Crippen LogP contribution < -0.4 is 10.1 Å². The van der Waals surface area contributed by atoms with Gasteiger partial charge in [0.15, 0.2) is 0 Å². The summed E-state index contributed by atoms with van der Waals surface area (Å²) in [5.74, 6) is 0.721. The van der Waals surface area contributed by atoms with Gasteiger partial charge in [0.1, 0.15) is 5.75 Å². The summed E-state index contributed by atoms with van der Waals surface area (Å²) in [6.07, 6.45) is 3.87. The molecule has 5 heteroatoms. The van der Waals surface area contributed by atoms with Crippen LogP contribution in [0, 0.1) is 0 Å². The van der Waals surface area contributed by atoms with Crippen molar-refractivity contribution in [1.29, 1.82) is 0 Å². The minimum atomic E-state index is -0.0389. The van der Waals surface area contributed by atoms with Crippen molar-refractivity contribution in [2.24, 2.45) is 0 Å². The summed E-state index contributed by atoms with van der Waals surface area (Å²) in [7, 11) is 0. The third-order valence-electron chi connectivity index (χ3n) is 4.23. The number of nitrogens with zero attached hydrogens (tertiary/aromatic N) is 2. The molecule has 0 atom stereocenters. The number of hydrogen-bond donors (Lipinski definition) is 1. The Morgan fingerprint density at radius 3 is 2.54 bits per heavy atom. The van der Waals surface area contributed by atoms with Gasteiger partial charge in [-0.15, -0.1) is 0 Å². The van der Waals surface area contributed by atoms with Gasteiger partial charge >= 0.3 is 6.03 Å². The molecule has 1 aromatic rings. The van der Waals surface area contributed by atoms with Gasteiger partial charge in [0.25, 0.3) is 0 Å². The number of benzene rings is 1. The maximum Gasteiger partial charge on any atom is 0.322 e. The minimum Gasteiger partial charge on any atom is -0.489 e. The van der Waals surface area contributed by atoms with Crippen LogP contribution in [0.15, 0.2) is 24.3 Å². The van der Waals surface area contributed by atoms with E-state index in [9.17, 15) is 4.79 Å². The molecule has 1 aliphatic heterocycles. The van der Waals surface area contributed by atoms with Gasteiger partial charge in [-0.05, 0) is 38.9 Å². The summed E-state index contributed by atoms with van der Waals surface area (Å²) < 4.78 is 5.76. The first-order valence-electron chi connectivity index (χ1n) is 9.14. The maximum absolute atomic E-state index is 12.5. The highest BCUT2D eigenvalue weighted by molar-refractivity contribution is 5.91. The van der Waals surface area contributed by atoms with Crippen LogP contribution in [0.5, 0.6) is 5.75 Å². The summed E-state index contributed by atoms with van der Waals surface area (Å²) in [5.41, 5.74) is 0.738. The van der Waals surface area contributed by atoms with E-state index in [-0.39, 0.29) is 12.1 Å². The van der Waals surface area contributed by atoms with Gasteiger partial charge in [0.05, 0.1) is 11.8 Å². The highest BCUT2D eigenvalue weighted by Gasteiger charge is 2.21. The number of anilines is 1. The number of rotatable bonds is 7. The second-order valence-corrected chi connectivity index (χ2v) is 6.63. The van der Waals surface area contributed by atoms with Crippen molar-refractivity contribution in [2.75, 3.05) is 38.0 Å². The molecular formula is C19H31N3O2. The van der Waals surface area contributed by atoms with Crippen molar-refractivity contribution in [3.05, 3.63) is 24.3 Å². The molecule has 134 valence electrons. The molecule has 1 aromatic carbocycles. The number of unbranched alkanes of at least 4 members (excludes halogenated alkanes) is 2. The second kappa shape index (κ2) is 9.52. The van der Waals surface area contributed by atoms with Gasteiger partial charge in [-0.25, -0.2) is 4.79 Å². The van der Waals surface area contributed by atoms with E-state index in [1.54, 1.807) is 0 Å². The molecule has 24 heavy (non-hydrogen) atoms. The lowest BCUT2D eigenvalue weighted by Gasteiger charge is -2.34. The fourth-order valence-electron chi connectivity index (χ4n) is 2.88. The van der Waals surface area contributed by atoms with Gasteiger partial charge in [-0.1, -0.05) is 31.9 Å². The Morgan fingerprint density at radius 2 is 1.88 bits per heavy atom. The number of urea groups is 1. The molecule has 0 aromatic heterocycles. The van der Waals surface area contributed by atoms with E-state index in [0.29, 0.717) is 0 Å². The lowest BCUT2D eigenvalue weighted by molar-refractivity contribution is 0.146. The van der Waals surface area contributed by atoms with Crippen LogP contribution in [-0.4, -0.2) is 54.7 Å². The third kappa shape index (κ3) is 5.71. The highest BCUT2D eigenvalue weighted by Crippen LogP contribution is 2.25. The van der Waals surface area contributed by atoms with Crippen LogP contribution in [0.4, 0.5) is 10.5 Å². The van der Waals surface area contributed by atoms with Crippen molar-refractivity contribution in [3.63, 3.8) is 0 Å². The molecule has 5 nitrogen and oxygen atoms in total. The van der Waals surface area contributed by atoms with Crippen LogP contribution in [0.2, 0.25) is 0 Å². The Hall–Kier alpha value is -1.75. The summed E-state index contributed by atoms with van der Waals surface area (Å²) in [6.45, 7) is 10.8. The monoisotopic (exact) mass is 333 g/mol. The van der Waals surface area contributed by atoms with Crippen LogP contribution >= 0.6 is 0 Å². The van der Waals surface area contributed by atoms with Crippen molar-refractivity contribution in [3.8, 4) is 5.75 Å². The Morgan fingerprint density at radius 1 is 1.17 bits per heavy atom. The number of nitrogens with one attached hydrogen (secondary N) is 1. The molecule has 0 bridgehead atoms. The quantitative estimate of drug-likeness (QED) is 0.772. The first-order chi connectivity index (χ1) is 11.6. The number of piperazine rings is 1. The van der Waals surface area contributed by atoms with Crippen molar-refractivity contribution in [1.82, 2.24) is 9.80 Å². The zero-order valence-electron chi connectivity index (χ0n) is 15.3. The Balaban J connectivity index is 1.84. The number of hydrogen-bond acceptors (Lipinski definition) is 3. The lowest BCUT2D eigenvalue weighted by atomic mass is 10.2. The molecule has 0 unspecified atom stereocenters. The fourth-order valence-corrected chi connectivity index (χ4v) is 2.88. The van der Waals surface area contributed by atoms with E-state index in [4.69, 9.17) is 4.74 Å². The summed E-state index contributed by atoms with van der Waals surface area (Å²) in [4.78, 5) is 16.9. The number of carbonyl (C=O) groups excluding carboxylic acids is 1. The standard InChI is InChI=1S/C19H31N3O2/c1-4-5-8-11-21-12-14-22(15-13-21)19(23)20-17-9-6-7-10-18(17)24-16(2)3/h6-7,9-10,16H,4-5,8,11-15H2,1-3H3,(H,20,23). The van der Waals surface area contributed by atoms with Crippen LogP contribution in [0.1, 0.15) is 40.0 Å². The van der Waals surface area contributed by atoms with Gasteiger partial charge in [0.2, 0.25) is 0 Å². The lowest BCUT2D eigenvalue weighted by Crippen LogP contribution is -2.50. The van der Waals surface area contributed by atoms with Gasteiger partial charge in [-0.3, -0.25) is 4.90 Å². The van der Waals surface area contributed by atoms with Crippen LogP contribution in [0.3, 0.4) is 0 Å². The molecule has 2 amide bonds. The van der Waals surface area contributed by atoms with Crippen molar-refractivity contribution >= 4 is 11.7 Å². The Labute approximate surface area is 146 Å². The van der Waals surface area contributed by atoms with Crippen molar-refractivity contribution < 1.29 is 9.53 Å². The normalized spacial score (nSPS) is 15.6. The van der Waals surface area contributed by atoms with E-state index < -0.39 is 0 Å². The van der Waals surface area contributed by atoms with Crippen molar-refractivity contribution in [2.45, 2.75) is 46.1 Å². The maximum atomic E-state index is 12.5. The summed E-state index contributed by atoms with van der Waals surface area (Å²) in [5, 5.41) is 3.00. The molecule has 0 radical (unpaired) electrons. The number of carbonyl (C=O) groups is 1. The number of ether oxygens (including phenoxy) is 1. The zero-order valence-corrected chi connectivity index (χ0v) is 15.3. The molecule has 1 N–H and O–H groups in total. The van der Waals surface area contributed by atoms with Crippen LogP contribution in [-0.2, 0) is 0 Å². The van der Waals surface area contributed by atoms with Crippen LogP contribution in [0.25, 0.3) is 0 Å². The van der Waals surface area contributed by atoms with E-state index >= 15 is 0 Å². The largest absolute Gasteiger partial charge is 0.489 e. The second-order valence-electron chi connectivity index (χ2n) is 6.63. The van der Waals surface area contributed by atoms with E-state index in [2.05, 4.69) is 17.1 Å². The Kier molecular flexibility index (Phi) is 7.37. The van der Waals surface area contributed by atoms with Gasteiger partial charge in [-0.2, -0.15) is 0 Å². The molecule has 0 aliphatic carbocycles. The Bertz CT molecular complexity index is 511. The van der Waals surface area contributed by atoms with E-state index in [0.717, 1.165) is 44.2 Å². The molecule has 0 spiro atoms. The SMILES string of the molecule is CCCCCN1CCN(C(=O)Nc2ccccc2OC(C)C)CC1. The average Bonchev–Trinajstić information content (AvgIpc) is 2.57. The molecule has 1 heterocycles. The highest BCUT2D eigenvalue weighted by atomic mass is 16.5. The van der Waals surface area contributed by atoms with Gasteiger partial charge in [0, 0.05) is 26.2 Å². The molecular weight excluding hydrogens is 302 g/mol. The average molecular weight is 333 g/mol. The third-order valence-corrected chi connectivity index (χ3v) is 4.23. The van der Waals surface area contributed by atoms with E-state index in [1.165, 1.54) is 19.3 Å².